The fraction of sp³-hybridized carbons (Fsp3) is 0.875. The average molecular weight is 212 g/mol. The molecule has 0 heterocycles. The van der Waals surface area contributed by atoms with E-state index in [-0.39, 0.29) is 31.4 Å². The first-order chi connectivity index (χ1) is 6.02. The van der Waals surface area contributed by atoms with Crippen molar-refractivity contribution in [2.45, 2.75) is 19.0 Å². The molecule has 1 unspecified atom stereocenters. The van der Waals surface area contributed by atoms with Gasteiger partial charge in [-0.2, -0.15) is 0 Å². The third-order valence-electron chi connectivity index (χ3n) is 1.42. The number of carbonyl (C=O) groups is 1. The molecular weight excluding hydrogens is 197 g/mol. The third-order valence-corrected chi connectivity index (χ3v) is 1.61. The van der Waals surface area contributed by atoms with Crippen molar-refractivity contribution in [3.05, 3.63) is 0 Å². The van der Waals surface area contributed by atoms with E-state index in [2.05, 4.69) is 10.1 Å². The van der Waals surface area contributed by atoms with Crippen LogP contribution < -0.4 is 5.32 Å². The minimum Gasteiger partial charge on any atom is -0.381 e. The molecule has 0 radical (unpaired) electrons. The molecule has 0 aliphatic carbocycles. The number of carbonyl (C=O) groups excluding carboxylic acids is 1. The molecule has 1 atom stereocenters. The molecule has 0 rings (SSSR count). The second-order valence-corrected chi connectivity index (χ2v) is 3.44. The lowest BCUT2D eigenvalue weighted by Crippen LogP contribution is -2.40. The van der Waals surface area contributed by atoms with Crippen LogP contribution in [0.15, 0.2) is 0 Å². The van der Waals surface area contributed by atoms with Gasteiger partial charge in [0, 0.05) is 19.4 Å². The number of rotatable bonds is 6. The summed E-state index contributed by atoms with van der Waals surface area (Å²) >= 11 is 5.33. The molecule has 0 saturated heterocycles. The highest BCUT2D eigenvalue weighted by Crippen LogP contribution is 2.08. The second kappa shape index (κ2) is 6.16. The predicted molar refractivity (Wildman–Crippen MR) is 49.7 cm³/mol. The Morgan fingerprint density at radius 2 is 2.31 bits per heavy atom. The van der Waals surface area contributed by atoms with Crippen LogP contribution in [0.4, 0.5) is 4.39 Å². The van der Waals surface area contributed by atoms with Crippen molar-refractivity contribution >= 4 is 17.5 Å². The highest BCUT2D eigenvalue weighted by Gasteiger charge is 2.23. The molecule has 0 saturated carbocycles. The Hall–Kier alpha value is -0.350. The number of nitrogens with one attached hydrogen (secondary N) is 1. The van der Waals surface area contributed by atoms with Crippen LogP contribution in [0.5, 0.6) is 0 Å². The summed E-state index contributed by atoms with van der Waals surface area (Å²) in [6, 6.07) is 0. The molecule has 0 aromatic rings. The van der Waals surface area contributed by atoms with E-state index in [0.717, 1.165) is 0 Å². The molecule has 0 aliphatic heterocycles. The number of hydrogen-bond acceptors (Lipinski definition) is 2. The first-order valence-electron chi connectivity index (χ1n) is 4.02. The van der Waals surface area contributed by atoms with Crippen molar-refractivity contribution in [2.24, 2.45) is 0 Å². The Balaban J connectivity index is 3.67. The minimum atomic E-state index is -1.52. The normalized spacial score (nSPS) is 15.1. The maximum Gasteiger partial charge on any atom is 0.221 e. The fourth-order valence-corrected chi connectivity index (χ4v) is 0.981. The van der Waals surface area contributed by atoms with E-state index in [0.29, 0.717) is 0 Å². The zero-order chi connectivity index (χ0) is 10.3. The van der Waals surface area contributed by atoms with E-state index in [4.69, 9.17) is 11.6 Å². The monoisotopic (exact) mass is 211 g/mol. The molecule has 5 heteroatoms. The van der Waals surface area contributed by atoms with Gasteiger partial charge >= 0.3 is 0 Å². The van der Waals surface area contributed by atoms with Crippen molar-refractivity contribution in [2.75, 3.05) is 26.1 Å². The summed E-state index contributed by atoms with van der Waals surface area (Å²) in [7, 11) is 1.42. The molecule has 0 aromatic heterocycles. The largest absolute Gasteiger partial charge is 0.381 e. The first kappa shape index (κ1) is 12.7. The highest BCUT2D eigenvalue weighted by molar-refractivity contribution is 6.18. The van der Waals surface area contributed by atoms with E-state index in [1.54, 1.807) is 0 Å². The zero-order valence-corrected chi connectivity index (χ0v) is 8.66. The quantitative estimate of drug-likeness (QED) is 0.669. The maximum atomic E-state index is 13.3. The molecule has 0 aliphatic rings. The van der Waals surface area contributed by atoms with Crippen LogP contribution in [0.2, 0.25) is 0 Å². The Morgan fingerprint density at radius 1 is 1.69 bits per heavy atom. The molecule has 3 nitrogen and oxygen atoms in total. The van der Waals surface area contributed by atoms with Crippen LogP contribution in [-0.4, -0.2) is 37.7 Å². The standard InChI is InChI=1S/C8H15ClFNO2/c1-8(10,6-13-2)5-11-7(12)3-4-9/h3-6H2,1-2H3,(H,11,12). The van der Waals surface area contributed by atoms with Crippen LogP contribution in [0.25, 0.3) is 0 Å². The van der Waals surface area contributed by atoms with Crippen molar-refractivity contribution in [1.82, 2.24) is 5.32 Å². The van der Waals surface area contributed by atoms with Gasteiger partial charge < -0.3 is 10.1 Å². The molecule has 0 spiro atoms. The summed E-state index contributed by atoms with van der Waals surface area (Å²) in [5.74, 6) is 0.00836. The van der Waals surface area contributed by atoms with Gasteiger partial charge in [-0.3, -0.25) is 4.79 Å². The Morgan fingerprint density at radius 3 is 2.77 bits per heavy atom. The average Bonchev–Trinajstić information content (AvgIpc) is 2.02. The summed E-state index contributed by atoms with van der Waals surface area (Å²) in [6.45, 7) is 1.29. The van der Waals surface area contributed by atoms with Gasteiger partial charge in [0.05, 0.1) is 13.2 Å². The molecular formula is C8H15ClFNO2. The van der Waals surface area contributed by atoms with Crippen molar-refractivity contribution in [3.8, 4) is 0 Å². The second-order valence-electron chi connectivity index (χ2n) is 3.06. The van der Waals surface area contributed by atoms with Gasteiger partial charge in [0.15, 0.2) is 0 Å². The summed E-state index contributed by atoms with van der Waals surface area (Å²) in [5.41, 5.74) is -1.52. The number of alkyl halides is 2. The molecule has 78 valence electrons. The topological polar surface area (TPSA) is 38.3 Å². The van der Waals surface area contributed by atoms with Crippen molar-refractivity contribution in [3.63, 3.8) is 0 Å². The zero-order valence-electron chi connectivity index (χ0n) is 7.90. The van der Waals surface area contributed by atoms with Gasteiger partial charge in [-0.05, 0) is 6.92 Å². The summed E-state index contributed by atoms with van der Waals surface area (Å²) < 4.78 is 18.0. The lowest BCUT2D eigenvalue weighted by atomic mass is 10.1. The van der Waals surface area contributed by atoms with Crippen LogP contribution in [-0.2, 0) is 9.53 Å². The van der Waals surface area contributed by atoms with Gasteiger partial charge in [0.2, 0.25) is 5.91 Å². The predicted octanol–water partition coefficient (Wildman–Crippen LogP) is 1.11. The molecule has 13 heavy (non-hydrogen) atoms. The minimum absolute atomic E-state index is 0.0336. The maximum absolute atomic E-state index is 13.3. The van der Waals surface area contributed by atoms with Crippen LogP contribution in [0, 0.1) is 0 Å². The van der Waals surface area contributed by atoms with Gasteiger partial charge in [0.1, 0.15) is 5.67 Å². The number of ether oxygens (including phenoxy) is 1. The van der Waals surface area contributed by atoms with E-state index >= 15 is 0 Å². The van der Waals surface area contributed by atoms with Crippen LogP contribution >= 0.6 is 11.6 Å². The lowest BCUT2D eigenvalue weighted by Gasteiger charge is -2.19. The van der Waals surface area contributed by atoms with E-state index in [1.807, 2.05) is 0 Å². The van der Waals surface area contributed by atoms with E-state index in [9.17, 15) is 9.18 Å². The lowest BCUT2D eigenvalue weighted by molar-refractivity contribution is -0.121. The number of amides is 1. The van der Waals surface area contributed by atoms with Crippen molar-refractivity contribution in [1.29, 1.82) is 0 Å². The van der Waals surface area contributed by atoms with Gasteiger partial charge in [-0.15, -0.1) is 11.6 Å². The Labute approximate surface area is 82.6 Å². The summed E-state index contributed by atoms with van der Waals surface area (Å²) in [6.07, 6.45) is 0.213. The summed E-state index contributed by atoms with van der Waals surface area (Å²) in [5, 5.41) is 2.43. The third kappa shape index (κ3) is 6.78. The smallest absolute Gasteiger partial charge is 0.221 e. The fourth-order valence-electron chi connectivity index (χ4n) is 0.809. The SMILES string of the molecule is COCC(C)(F)CNC(=O)CCCl. The van der Waals surface area contributed by atoms with Crippen LogP contribution in [0.1, 0.15) is 13.3 Å². The summed E-state index contributed by atoms with van der Waals surface area (Å²) in [4.78, 5) is 10.9. The molecule has 0 bridgehead atoms. The molecule has 1 amide bonds. The number of methoxy groups -OCH3 is 1. The highest BCUT2D eigenvalue weighted by atomic mass is 35.5. The molecule has 0 fully saturated rings. The van der Waals surface area contributed by atoms with E-state index < -0.39 is 5.67 Å². The van der Waals surface area contributed by atoms with Gasteiger partial charge in [-0.1, -0.05) is 0 Å². The van der Waals surface area contributed by atoms with Crippen molar-refractivity contribution < 1.29 is 13.9 Å². The Kier molecular flexibility index (Phi) is 5.99. The molecule has 0 aromatic carbocycles. The number of halogens is 2. The first-order valence-corrected chi connectivity index (χ1v) is 4.56. The van der Waals surface area contributed by atoms with Gasteiger partial charge in [-0.25, -0.2) is 4.39 Å². The van der Waals surface area contributed by atoms with E-state index in [1.165, 1.54) is 14.0 Å². The molecule has 1 N–H and O–H groups in total. The number of hydrogen-bond donors (Lipinski definition) is 1. The van der Waals surface area contributed by atoms with Crippen LogP contribution in [0.3, 0.4) is 0 Å². The van der Waals surface area contributed by atoms with Gasteiger partial charge in [0.25, 0.3) is 0 Å². The Bertz CT molecular complexity index is 164.